The van der Waals surface area contributed by atoms with Crippen molar-refractivity contribution < 1.29 is 14.3 Å². The fourth-order valence-electron chi connectivity index (χ4n) is 0.847. The summed E-state index contributed by atoms with van der Waals surface area (Å²) in [6.07, 6.45) is -0.403. The van der Waals surface area contributed by atoms with Gasteiger partial charge in [-0.1, -0.05) is 6.92 Å². The Labute approximate surface area is 84.9 Å². The molecule has 0 spiro atoms. The van der Waals surface area contributed by atoms with Crippen LogP contribution >= 0.6 is 0 Å². The number of hydrogen-bond acceptors (Lipinski definition) is 4. The van der Waals surface area contributed by atoms with Crippen LogP contribution in [0.4, 0.5) is 0 Å². The molecule has 0 heterocycles. The monoisotopic (exact) mass is 204 g/mol. The molecule has 0 saturated heterocycles. The van der Waals surface area contributed by atoms with Gasteiger partial charge in [0.25, 0.3) is 0 Å². The second kappa shape index (κ2) is 6.75. The van der Waals surface area contributed by atoms with Crippen molar-refractivity contribution in [2.24, 2.45) is 11.7 Å². The molecule has 0 bridgehead atoms. The van der Waals surface area contributed by atoms with Crippen LogP contribution in [0.3, 0.4) is 0 Å². The van der Waals surface area contributed by atoms with Crippen LogP contribution in [0, 0.1) is 5.92 Å². The average Bonchev–Trinajstić information content (AvgIpc) is 2.17. The number of carbonyl (C=O) groups is 1. The summed E-state index contributed by atoms with van der Waals surface area (Å²) >= 11 is 0. The molecule has 2 unspecified atom stereocenters. The summed E-state index contributed by atoms with van der Waals surface area (Å²) in [5.74, 6) is -0.288. The number of methoxy groups -OCH3 is 2. The first-order valence-corrected chi connectivity index (χ1v) is 4.61. The third-order valence-electron chi connectivity index (χ3n) is 2.17. The van der Waals surface area contributed by atoms with Gasteiger partial charge in [0.2, 0.25) is 5.91 Å². The van der Waals surface area contributed by atoms with Gasteiger partial charge in [0.05, 0.1) is 6.54 Å². The van der Waals surface area contributed by atoms with E-state index in [4.69, 9.17) is 15.2 Å². The summed E-state index contributed by atoms with van der Waals surface area (Å²) in [7, 11) is 3.05. The van der Waals surface area contributed by atoms with E-state index in [0.717, 1.165) is 0 Å². The van der Waals surface area contributed by atoms with E-state index in [1.807, 2.05) is 0 Å². The second-order valence-corrected chi connectivity index (χ2v) is 3.29. The number of rotatable bonds is 6. The average molecular weight is 204 g/mol. The zero-order valence-corrected chi connectivity index (χ0v) is 9.24. The second-order valence-electron chi connectivity index (χ2n) is 3.29. The normalized spacial score (nSPS) is 15.3. The highest BCUT2D eigenvalue weighted by atomic mass is 16.7. The van der Waals surface area contributed by atoms with Gasteiger partial charge in [-0.3, -0.25) is 4.79 Å². The zero-order chi connectivity index (χ0) is 11.1. The number of nitrogens with one attached hydrogen (secondary N) is 1. The highest BCUT2D eigenvalue weighted by molar-refractivity contribution is 5.78. The van der Waals surface area contributed by atoms with Crippen molar-refractivity contribution in [3.8, 4) is 0 Å². The Bertz CT molecular complexity index is 169. The Morgan fingerprint density at radius 2 is 1.86 bits per heavy atom. The standard InChI is InChI=1S/C9H20N2O3/c1-6(7(2)10)9(12)11-5-8(13-3)14-4/h6-8H,5,10H2,1-4H3,(H,11,12). The molecule has 5 nitrogen and oxygen atoms in total. The quantitative estimate of drug-likeness (QED) is 0.583. The van der Waals surface area contributed by atoms with Crippen LogP contribution in [0.5, 0.6) is 0 Å². The van der Waals surface area contributed by atoms with Gasteiger partial charge in [0.15, 0.2) is 6.29 Å². The lowest BCUT2D eigenvalue weighted by molar-refractivity contribution is -0.130. The number of amides is 1. The molecule has 0 radical (unpaired) electrons. The Hall–Kier alpha value is -0.650. The van der Waals surface area contributed by atoms with Crippen molar-refractivity contribution in [1.29, 1.82) is 0 Å². The Kier molecular flexibility index (Phi) is 6.44. The summed E-state index contributed by atoms with van der Waals surface area (Å²) in [5, 5.41) is 2.70. The molecule has 0 aromatic rings. The Morgan fingerprint density at radius 3 is 2.21 bits per heavy atom. The van der Waals surface area contributed by atoms with E-state index in [1.54, 1.807) is 13.8 Å². The lowest BCUT2D eigenvalue weighted by atomic mass is 10.0. The maximum absolute atomic E-state index is 11.4. The summed E-state index contributed by atoms with van der Waals surface area (Å²) in [5.41, 5.74) is 5.58. The molecule has 14 heavy (non-hydrogen) atoms. The lowest BCUT2D eigenvalue weighted by Gasteiger charge is -2.18. The van der Waals surface area contributed by atoms with E-state index in [1.165, 1.54) is 14.2 Å². The molecule has 2 atom stereocenters. The van der Waals surface area contributed by atoms with Crippen LogP contribution in [0.2, 0.25) is 0 Å². The van der Waals surface area contributed by atoms with E-state index < -0.39 is 6.29 Å². The minimum atomic E-state index is -0.403. The molecule has 5 heteroatoms. The highest BCUT2D eigenvalue weighted by Gasteiger charge is 2.17. The van der Waals surface area contributed by atoms with E-state index in [2.05, 4.69) is 5.32 Å². The number of ether oxygens (including phenoxy) is 2. The van der Waals surface area contributed by atoms with Gasteiger partial charge in [-0.2, -0.15) is 0 Å². The topological polar surface area (TPSA) is 73.6 Å². The van der Waals surface area contributed by atoms with Gasteiger partial charge in [-0.25, -0.2) is 0 Å². The van der Waals surface area contributed by atoms with Gasteiger partial charge in [0, 0.05) is 26.2 Å². The number of carbonyl (C=O) groups excluding carboxylic acids is 1. The first-order valence-electron chi connectivity index (χ1n) is 4.61. The van der Waals surface area contributed by atoms with Gasteiger partial charge < -0.3 is 20.5 Å². The first kappa shape index (κ1) is 13.4. The van der Waals surface area contributed by atoms with E-state index in [0.29, 0.717) is 6.54 Å². The molecule has 0 aliphatic carbocycles. The lowest BCUT2D eigenvalue weighted by Crippen LogP contribution is -2.42. The maximum Gasteiger partial charge on any atom is 0.224 e. The minimum Gasteiger partial charge on any atom is -0.354 e. The molecule has 0 saturated carbocycles. The summed E-state index contributed by atoms with van der Waals surface area (Å²) in [6, 6.07) is -0.154. The molecule has 0 fully saturated rings. The van der Waals surface area contributed by atoms with Gasteiger partial charge in [-0.05, 0) is 6.92 Å². The smallest absolute Gasteiger partial charge is 0.224 e. The van der Waals surface area contributed by atoms with Crippen molar-refractivity contribution >= 4 is 5.91 Å². The van der Waals surface area contributed by atoms with Gasteiger partial charge >= 0.3 is 0 Å². The van der Waals surface area contributed by atoms with Crippen LogP contribution in [0.15, 0.2) is 0 Å². The zero-order valence-electron chi connectivity index (χ0n) is 9.24. The molecule has 0 aromatic carbocycles. The molecule has 0 aliphatic rings. The van der Waals surface area contributed by atoms with E-state index in [9.17, 15) is 4.79 Å². The minimum absolute atomic E-state index is 0.0842. The van der Waals surface area contributed by atoms with Crippen LogP contribution in [-0.4, -0.2) is 39.0 Å². The molecule has 1 amide bonds. The molecule has 3 N–H and O–H groups in total. The Morgan fingerprint density at radius 1 is 1.36 bits per heavy atom. The number of nitrogens with two attached hydrogens (primary N) is 1. The molecule has 0 aromatic heterocycles. The Balaban J connectivity index is 3.83. The fraction of sp³-hybridized carbons (Fsp3) is 0.889. The van der Waals surface area contributed by atoms with E-state index in [-0.39, 0.29) is 17.9 Å². The van der Waals surface area contributed by atoms with Crippen LogP contribution < -0.4 is 11.1 Å². The molecule has 0 aliphatic heterocycles. The van der Waals surface area contributed by atoms with E-state index >= 15 is 0 Å². The van der Waals surface area contributed by atoms with Crippen LogP contribution in [0.1, 0.15) is 13.8 Å². The summed E-state index contributed by atoms with van der Waals surface area (Å²) < 4.78 is 9.84. The third kappa shape index (κ3) is 4.55. The maximum atomic E-state index is 11.4. The molecule has 84 valence electrons. The molecular weight excluding hydrogens is 184 g/mol. The summed E-state index contributed by atoms with van der Waals surface area (Å²) in [4.78, 5) is 11.4. The van der Waals surface area contributed by atoms with Crippen molar-refractivity contribution in [2.45, 2.75) is 26.2 Å². The fourth-order valence-corrected chi connectivity index (χ4v) is 0.847. The summed E-state index contributed by atoms with van der Waals surface area (Å²) in [6.45, 7) is 3.92. The predicted octanol–water partition coefficient (Wildman–Crippen LogP) is -0.295. The largest absolute Gasteiger partial charge is 0.354 e. The predicted molar refractivity (Wildman–Crippen MR) is 53.6 cm³/mol. The SMILES string of the molecule is COC(CNC(=O)C(C)C(C)N)OC. The molecule has 0 rings (SSSR count). The van der Waals surface area contributed by atoms with Crippen LogP contribution in [-0.2, 0) is 14.3 Å². The van der Waals surface area contributed by atoms with Crippen LogP contribution in [0.25, 0.3) is 0 Å². The van der Waals surface area contributed by atoms with Crippen molar-refractivity contribution in [3.05, 3.63) is 0 Å². The first-order chi connectivity index (χ1) is 6.52. The number of hydrogen-bond donors (Lipinski definition) is 2. The van der Waals surface area contributed by atoms with Crippen molar-refractivity contribution in [2.75, 3.05) is 20.8 Å². The van der Waals surface area contributed by atoms with Gasteiger partial charge in [0.1, 0.15) is 0 Å². The third-order valence-corrected chi connectivity index (χ3v) is 2.17. The van der Waals surface area contributed by atoms with Crippen molar-refractivity contribution in [3.63, 3.8) is 0 Å². The highest BCUT2D eigenvalue weighted by Crippen LogP contribution is 1.99. The molecular formula is C9H20N2O3. The van der Waals surface area contributed by atoms with Crippen molar-refractivity contribution in [1.82, 2.24) is 5.32 Å². The van der Waals surface area contributed by atoms with Gasteiger partial charge in [-0.15, -0.1) is 0 Å².